The maximum absolute atomic E-state index is 4.45. The van der Waals surface area contributed by atoms with Crippen molar-refractivity contribution in [1.29, 1.82) is 0 Å². The van der Waals surface area contributed by atoms with Gasteiger partial charge in [0.25, 0.3) is 0 Å². The van der Waals surface area contributed by atoms with Gasteiger partial charge in [-0.3, -0.25) is 0 Å². The van der Waals surface area contributed by atoms with Gasteiger partial charge in [-0.25, -0.2) is 9.97 Å². The molecule has 1 aromatic carbocycles. The van der Waals surface area contributed by atoms with Crippen molar-refractivity contribution in [3.8, 4) is 0 Å². The molecular formula is C18H23N3. The molecule has 0 saturated carbocycles. The fourth-order valence-corrected chi connectivity index (χ4v) is 3.22. The van der Waals surface area contributed by atoms with Crippen molar-refractivity contribution in [2.45, 2.75) is 45.1 Å². The lowest BCUT2D eigenvalue weighted by molar-refractivity contribution is 0.576. The van der Waals surface area contributed by atoms with Gasteiger partial charge in [-0.1, -0.05) is 30.3 Å². The molecule has 0 amide bonds. The Bertz CT molecular complexity index is 568. The van der Waals surface area contributed by atoms with Crippen LogP contribution in [-0.4, -0.2) is 22.6 Å². The number of nitrogens with zero attached hydrogens (tertiary/aromatic N) is 3. The number of hydrogen-bond donors (Lipinski definition) is 0. The van der Waals surface area contributed by atoms with E-state index >= 15 is 0 Å². The second-order valence-electron chi connectivity index (χ2n) is 5.88. The lowest BCUT2D eigenvalue weighted by Gasteiger charge is -2.25. The number of anilines is 1. The third-order valence-corrected chi connectivity index (χ3v) is 4.31. The third-order valence-electron chi connectivity index (χ3n) is 4.31. The van der Waals surface area contributed by atoms with Crippen LogP contribution >= 0.6 is 0 Å². The van der Waals surface area contributed by atoms with Gasteiger partial charge in [-0.2, -0.15) is 0 Å². The first-order valence-electron chi connectivity index (χ1n) is 7.92. The average Bonchev–Trinajstić information content (AvgIpc) is 2.97. The predicted octanol–water partition coefficient (Wildman–Crippen LogP) is 3.78. The molecule has 0 N–H and O–H groups in total. The van der Waals surface area contributed by atoms with Gasteiger partial charge in [-0.05, 0) is 44.6 Å². The van der Waals surface area contributed by atoms with Crippen LogP contribution in [0.1, 0.15) is 36.9 Å². The van der Waals surface area contributed by atoms with E-state index in [1.807, 2.05) is 6.92 Å². The zero-order valence-electron chi connectivity index (χ0n) is 12.7. The second kappa shape index (κ2) is 6.70. The molecular weight excluding hydrogens is 258 g/mol. The molecule has 110 valence electrons. The van der Waals surface area contributed by atoms with E-state index in [2.05, 4.69) is 51.3 Å². The second-order valence-corrected chi connectivity index (χ2v) is 5.88. The monoisotopic (exact) mass is 281 g/mol. The van der Waals surface area contributed by atoms with Gasteiger partial charge in [0.05, 0.1) is 0 Å². The van der Waals surface area contributed by atoms with Gasteiger partial charge in [0.15, 0.2) is 0 Å². The van der Waals surface area contributed by atoms with Gasteiger partial charge in [-0.15, -0.1) is 0 Å². The molecule has 1 atom stereocenters. The summed E-state index contributed by atoms with van der Waals surface area (Å²) in [5, 5.41) is 0. The van der Waals surface area contributed by atoms with E-state index in [9.17, 15) is 0 Å². The molecule has 3 nitrogen and oxygen atoms in total. The summed E-state index contributed by atoms with van der Waals surface area (Å²) in [6, 6.07) is 13.5. The molecule has 1 aliphatic heterocycles. The maximum Gasteiger partial charge on any atom is 0.132 e. The zero-order valence-corrected chi connectivity index (χ0v) is 12.7. The molecule has 0 radical (unpaired) electrons. The minimum Gasteiger partial charge on any atom is -0.354 e. The Hall–Kier alpha value is -1.90. The molecule has 1 saturated heterocycles. The minimum atomic E-state index is 0.642. The van der Waals surface area contributed by atoms with Crippen LogP contribution < -0.4 is 4.90 Å². The van der Waals surface area contributed by atoms with E-state index in [1.54, 1.807) is 6.33 Å². The van der Waals surface area contributed by atoms with Gasteiger partial charge in [0.2, 0.25) is 0 Å². The molecule has 2 heterocycles. The summed E-state index contributed by atoms with van der Waals surface area (Å²) in [4.78, 5) is 11.1. The molecule has 2 aromatic rings. The molecule has 1 aliphatic rings. The van der Waals surface area contributed by atoms with Crippen molar-refractivity contribution in [1.82, 2.24) is 9.97 Å². The number of hydrogen-bond acceptors (Lipinski definition) is 3. The van der Waals surface area contributed by atoms with E-state index in [0.29, 0.717) is 6.04 Å². The molecule has 21 heavy (non-hydrogen) atoms. The SMILES string of the molecule is Cc1cc(N2CCCC2CCCc2ccccc2)ncn1. The number of aromatic nitrogens is 2. The number of aryl methyl sites for hydroxylation is 2. The van der Waals surface area contributed by atoms with Crippen molar-refractivity contribution >= 4 is 5.82 Å². The molecule has 0 aliphatic carbocycles. The predicted molar refractivity (Wildman–Crippen MR) is 86.5 cm³/mol. The average molecular weight is 281 g/mol. The Balaban J connectivity index is 1.57. The van der Waals surface area contributed by atoms with E-state index in [4.69, 9.17) is 0 Å². The van der Waals surface area contributed by atoms with Gasteiger partial charge in [0.1, 0.15) is 12.1 Å². The van der Waals surface area contributed by atoms with Gasteiger partial charge in [0, 0.05) is 24.3 Å². The maximum atomic E-state index is 4.45. The quantitative estimate of drug-likeness (QED) is 0.835. The molecule has 0 bridgehead atoms. The van der Waals surface area contributed by atoms with Crippen molar-refractivity contribution in [2.24, 2.45) is 0 Å². The summed E-state index contributed by atoms with van der Waals surface area (Å²) in [6.45, 7) is 3.16. The summed E-state index contributed by atoms with van der Waals surface area (Å²) in [5.41, 5.74) is 2.50. The molecule has 3 heteroatoms. The van der Waals surface area contributed by atoms with E-state index in [1.165, 1.54) is 37.7 Å². The van der Waals surface area contributed by atoms with E-state index < -0.39 is 0 Å². The first kappa shape index (κ1) is 14.1. The van der Waals surface area contributed by atoms with Crippen LogP contribution in [0.15, 0.2) is 42.7 Å². The Labute approximate surface area is 127 Å². The van der Waals surface area contributed by atoms with E-state index in [0.717, 1.165) is 18.1 Å². The zero-order chi connectivity index (χ0) is 14.5. The minimum absolute atomic E-state index is 0.642. The lowest BCUT2D eigenvalue weighted by atomic mass is 10.0. The van der Waals surface area contributed by atoms with E-state index in [-0.39, 0.29) is 0 Å². The number of rotatable bonds is 5. The molecule has 1 unspecified atom stereocenters. The van der Waals surface area contributed by atoms with Crippen LogP contribution in [0.25, 0.3) is 0 Å². The van der Waals surface area contributed by atoms with Crippen LogP contribution in [0.2, 0.25) is 0 Å². The number of benzene rings is 1. The van der Waals surface area contributed by atoms with Crippen molar-refractivity contribution < 1.29 is 0 Å². The first-order valence-corrected chi connectivity index (χ1v) is 7.92. The summed E-state index contributed by atoms with van der Waals surface area (Å²) in [5.74, 6) is 1.10. The van der Waals surface area contributed by atoms with Gasteiger partial charge < -0.3 is 4.90 Å². The van der Waals surface area contributed by atoms with Crippen molar-refractivity contribution in [3.05, 3.63) is 54.0 Å². The highest BCUT2D eigenvalue weighted by Gasteiger charge is 2.25. The standard InChI is InChI=1S/C18H23N3/c1-15-13-18(20-14-19-15)21-12-6-11-17(21)10-5-9-16-7-3-2-4-8-16/h2-4,7-8,13-14,17H,5-6,9-12H2,1H3. The normalized spacial score (nSPS) is 18.1. The molecule has 0 spiro atoms. The van der Waals surface area contributed by atoms with Crippen molar-refractivity contribution in [3.63, 3.8) is 0 Å². The topological polar surface area (TPSA) is 29.0 Å². The Morgan fingerprint density at radius 3 is 2.86 bits per heavy atom. The van der Waals surface area contributed by atoms with Crippen LogP contribution in [0.3, 0.4) is 0 Å². The Kier molecular flexibility index (Phi) is 4.49. The van der Waals surface area contributed by atoms with Gasteiger partial charge >= 0.3 is 0 Å². The summed E-state index contributed by atoms with van der Waals surface area (Å²) < 4.78 is 0. The summed E-state index contributed by atoms with van der Waals surface area (Å²) in [7, 11) is 0. The third kappa shape index (κ3) is 3.60. The van der Waals surface area contributed by atoms with Crippen LogP contribution in [-0.2, 0) is 6.42 Å². The summed E-state index contributed by atoms with van der Waals surface area (Å²) in [6.07, 6.45) is 7.92. The Morgan fingerprint density at radius 2 is 2.05 bits per heavy atom. The first-order chi connectivity index (χ1) is 10.3. The smallest absolute Gasteiger partial charge is 0.132 e. The van der Waals surface area contributed by atoms with Crippen LogP contribution in [0.5, 0.6) is 0 Å². The lowest BCUT2D eigenvalue weighted by Crippen LogP contribution is -2.30. The van der Waals surface area contributed by atoms with Crippen molar-refractivity contribution in [2.75, 3.05) is 11.4 Å². The fourth-order valence-electron chi connectivity index (χ4n) is 3.22. The fraction of sp³-hybridized carbons (Fsp3) is 0.444. The highest BCUT2D eigenvalue weighted by molar-refractivity contribution is 5.41. The van der Waals surface area contributed by atoms with Crippen LogP contribution in [0.4, 0.5) is 5.82 Å². The highest BCUT2D eigenvalue weighted by atomic mass is 15.2. The molecule has 1 fully saturated rings. The largest absolute Gasteiger partial charge is 0.354 e. The van der Waals surface area contributed by atoms with Crippen LogP contribution in [0, 0.1) is 6.92 Å². The highest BCUT2D eigenvalue weighted by Crippen LogP contribution is 2.27. The molecule has 1 aromatic heterocycles. The Morgan fingerprint density at radius 1 is 1.19 bits per heavy atom. The summed E-state index contributed by atoms with van der Waals surface area (Å²) >= 11 is 0. The molecule has 3 rings (SSSR count).